The van der Waals surface area contributed by atoms with Gasteiger partial charge in [0.2, 0.25) is 11.8 Å². The number of aromatic nitrogens is 4. The molecule has 0 spiro atoms. The minimum atomic E-state index is -0.158. The highest BCUT2D eigenvalue weighted by atomic mass is 32.2. The maximum Gasteiger partial charge on any atom is 0.234 e. The van der Waals surface area contributed by atoms with E-state index in [0.29, 0.717) is 29.7 Å². The molecule has 0 aliphatic carbocycles. The molecule has 1 aromatic carbocycles. The summed E-state index contributed by atoms with van der Waals surface area (Å²) in [5.74, 6) is 0.615. The summed E-state index contributed by atoms with van der Waals surface area (Å²) in [6.07, 6.45) is 4.22. The van der Waals surface area contributed by atoms with Gasteiger partial charge in [-0.05, 0) is 42.8 Å². The molecule has 2 amide bonds. The van der Waals surface area contributed by atoms with Crippen LogP contribution in [0.4, 0.5) is 11.4 Å². The molecule has 0 atom stereocenters. The van der Waals surface area contributed by atoms with Gasteiger partial charge in [0.05, 0.1) is 5.75 Å². The molecular weight excluding hydrogens is 416 g/mol. The van der Waals surface area contributed by atoms with Gasteiger partial charge in [0, 0.05) is 56.5 Å². The molecule has 0 unspecified atom stereocenters. The molecular formula is C21H24N6O3S. The van der Waals surface area contributed by atoms with Crippen LogP contribution >= 0.6 is 11.8 Å². The first-order valence-electron chi connectivity index (χ1n) is 9.69. The number of benzene rings is 1. The fourth-order valence-electron chi connectivity index (χ4n) is 2.85. The Kier molecular flexibility index (Phi) is 8.13. The lowest BCUT2D eigenvalue weighted by atomic mass is 10.2. The number of ether oxygens (including phenoxy) is 1. The van der Waals surface area contributed by atoms with Crippen LogP contribution in [0.2, 0.25) is 0 Å². The SMILES string of the molecule is COCCCn1c(SCC(=O)Nc2ccc(NC(C)=O)cc2)nnc1-c1ccncc1. The fraction of sp³-hybridized carbons (Fsp3) is 0.286. The molecule has 0 aliphatic heterocycles. The van der Waals surface area contributed by atoms with Crippen LogP contribution in [-0.2, 0) is 20.9 Å². The molecule has 0 radical (unpaired) electrons. The van der Waals surface area contributed by atoms with Gasteiger partial charge in [-0.1, -0.05) is 11.8 Å². The van der Waals surface area contributed by atoms with Crippen molar-refractivity contribution in [1.82, 2.24) is 19.7 Å². The van der Waals surface area contributed by atoms with Crippen LogP contribution in [-0.4, -0.2) is 51.0 Å². The van der Waals surface area contributed by atoms with E-state index < -0.39 is 0 Å². The number of anilines is 2. The summed E-state index contributed by atoms with van der Waals surface area (Å²) in [6, 6.07) is 10.7. The summed E-state index contributed by atoms with van der Waals surface area (Å²) in [6.45, 7) is 2.74. The molecule has 3 rings (SSSR count). The monoisotopic (exact) mass is 440 g/mol. The zero-order valence-corrected chi connectivity index (χ0v) is 18.2. The van der Waals surface area contributed by atoms with Crippen LogP contribution in [0.5, 0.6) is 0 Å². The van der Waals surface area contributed by atoms with Gasteiger partial charge in [-0.15, -0.1) is 10.2 Å². The van der Waals surface area contributed by atoms with E-state index in [0.717, 1.165) is 17.8 Å². The standard InChI is InChI=1S/C21H24N6O3S/c1-15(28)23-17-4-6-18(7-5-17)24-19(29)14-31-21-26-25-20(16-8-10-22-11-9-16)27(21)12-3-13-30-2/h4-11H,3,12-14H2,1-2H3,(H,23,28)(H,24,29). The minimum absolute atomic E-state index is 0.145. The van der Waals surface area contributed by atoms with E-state index in [-0.39, 0.29) is 17.6 Å². The van der Waals surface area contributed by atoms with E-state index in [2.05, 4.69) is 25.8 Å². The highest BCUT2D eigenvalue weighted by Crippen LogP contribution is 2.24. The van der Waals surface area contributed by atoms with Crippen molar-refractivity contribution in [3.63, 3.8) is 0 Å². The second-order valence-corrected chi connectivity index (χ2v) is 7.58. The Hall–Kier alpha value is -3.24. The maximum atomic E-state index is 12.4. The lowest BCUT2D eigenvalue weighted by Gasteiger charge is -2.10. The fourth-order valence-corrected chi connectivity index (χ4v) is 3.61. The van der Waals surface area contributed by atoms with Gasteiger partial charge >= 0.3 is 0 Å². The third kappa shape index (κ3) is 6.63. The number of carbonyl (C=O) groups is 2. The normalized spacial score (nSPS) is 10.6. The van der Waals surface area contributed by atoms with Crippen molar-refractivity contribution in [2.24, 2.45) is 0 Å². The number of hydrogen-bond acceptors (Lipinski definition) is 7. The number of carbonyl (C=O) groups excluding carboxylic acids is 2. The topological polar surface area (TPSA) is 111 Å². The molecule has 31 heavy (non-hydrogen) atoms. The Balaban J connectivity index is 1.64. The zero-order valence-electron chi connectivity index (χ0n) is 17.4. The predicted octanol–water partition coefficient (Wildman–Crippen LogP) is 3.07. The number of thioether (sulfide) groups is 1. The Morgan fingerprint density at radius 3 is 2.35 bits per heavy atom. The van der Waals surface area contributed by atoms with E-state index in [1.807, 2.05) is 16.7 Å². The number of hydrogen-bond donors (Lipinski definition) is 2. The van der Waals surface area contributed by atoms with E-state index in [1.165, 1.54) is 18.7 Å². The summed E-state index contributed by atoms with van der Waals surface area (Å²) in [5, 5.41) is 14.8. The molecule has 0 saturated carbocycles. The van der Waals surface area contributed by atoms with Crippen LogP contribution in [0.1, 0.15) is 13.3 Å². The number of pyridine rings is 1. The third-order valence-corrected chi connectivity index (χ3v) is 5.17. The minimum Gasteiger partial charge on any atom is -0.385 e. The van der Waals surface area contributed by atoms with Crippen LogP contribution in [0, 0.1) is 0 Å². The van der Waals surface area contributed by atoms with Gasteiger partial charge in [-0.2, -0.15) is 0 Å². The lowest BCUT2D eigenvalue weighted by Crippen LogP contribution is -2.15. The van der Waals surface area contributed by atoms with E-state index in [9.17, 15) is 9.59 Å². The molecule has 0 bridgehead atoms. The first kappa shape index (κ1) is 22.4. The molecule has 2 aromatic heterocycles. The third-order valence-electron chi connectivity index (χ3n) is 4.21. The lowest BCUT2D eigenvalue weighted by molar-refractivity contribution is -0.114. The number of rotatable bonds is 10. The van der Waals surface area contributed by atoms with Crippen LogP contribution in [0.15, 0.2) is 53.9 Å². The Bertz CT molecular complexity index is 1010. The maximum absolute atomic E-state index is 12.4. The highest BCUT2D eigenvalue weighted by Gasteiger charge is 2.15. The number of nitrogens with zero attached hydrogens (tertiary/aromatic N) is 4. The number of amides is 2. The van der Waals surface area contributed by atoms with Crippen LogP contribution < -0.4 is 10.6 Å². The van der Waals surface area contributed by atoms with Crippen molar-refractivity contribution in [3.05, 3.63) is 48.8 Å². The highest BCUT2D eigenvalue weighted by molar-refractivity contribution is 7.99. The molecule has 0 saturated heterocycles. The van der Waals surface area contributed by atoms with Crippen LogP contribution in [0.25, 0.3) is 11.4 Å². The van der Waals surface area contributed by atoms with E-state index in [4.69, 9.17) is 4.74 Å². The van der Waals surface area contributed by atoms with Gasteiger partial charge < -0.3 is 19.9 Å². The van der Waals surface area contributed by atoms with Crippen molar-refractivity contribution in [3.8, 4) is 11.4 Å². The molecule has 2 N–H and O–H groups in total. The van der Waals surface area contributed by atoms with Crippen molar-refractivity contribution >= 4 is 35.0 Å². The molecule has 2 heterocycles. The van der Waals surface area contributed by atoms with E-state index >= 15 is 0 Å². The second kappa shape index (κ2) is 11.2. The predicted molar refractivity (Wildman–Crippen MR) is 120 cm³/mol. The summed E-state index contributed by atoms with van der Waals surface area (Å²) in [4.78, 5) is 27.5. The van der Waals surface area contributed by atoms with Crippen molar-refractivity contribution in [1.29, 1.82) is 0 Å². The summed E-state index contributed by atoms with van der Waals surface area (Å²) < 4.78 is 7.16. The van der Waals surface area contributed by atoms with Crippen molar-refractivity contribution in [2.75, 3.05) is 30.1 Å². The van der Waals surface area contributed by atoms with Crippen molar-refractivity contribution in [2.45, 2.75) is 25.0 Å². The Morgan fingerprint density at radius 2 is 1.71 bits per heavy atom. The Morgan fingerprint density at radius 1 is 1.03 bits per heavy atom. The largest absolute Gasteiger partial charge is 0.385 e. The van der Waals surface area contributed by atoms with Gasteiger partial charge in [0.15, 0.2) is 11.0 Å². The number of nitrogens with one attached hydrogen (secondary N) is 2. The summed E-state index contributed by atoms with van der Waals surface area (Å²) in [7, 11) is 1.67. The number of methoxy groups -OCH3 is 1. The average Bonchev–Trinajstić information content (AvgIpc) is 3.17. The smallest absolute Gasteiger partial charge is 0.234 e. The molecule has 9 nitrogen and oxygen atoms in total. The second-order valence-electron chi connectivity index (χ2n) is 6.64. The van der Waals surface area contributed by atoms with Gasteiger partial charge in [-0.3, -0.25) is 14.6 Å². The molecule has 162 valence electrons. The van der Waals surface area contributed by atoms with Crippen molar-refractivity contribution < 1.29 is 14.3 Å². The van der Waals surface area contributed by atoms with Crippen LogP contribution in [0.3, 0.4) is 0 Å². The van der Waals surface area contributed by atoms with Gasteiger partial charge in [0.25, 0.3) is 0 Å². The first-order chi connectivity index (χ1) is 15.1. The zero-order chi connectivity index (χ0) is 22.1. The molecule has 3 aromatic rings. The van der Waals surface area contributed by atoms with Gasteiger partial charge in [0.1, 0.15) is 0 Å². The summed E-state index contributed by atoms with van der Waals surface area (Å²) >= 11 is 1.32. The molecule has 0 aliphatic rings. The quantitative estimate of drug-likeness (QED) is 0.368. The first-order valence-corrected chi connectivity index (χ1v) is 10.7. The molecule has 0 fully saturated rings. The average molecular weight is 441 g/mol. The Labute approximate surface area is 184 Å². The van der Waals surface area contributed by atoms with E-state index in [1.54, 1.807) is 43.8 Å². The summed E-state index contributed by atoms with van der Waals surface area (Å²) in [5.41, 5.74) is 2.24. The molecule has 10 heteroatoms. The van der Waals surface area contributed by atoms with Gasteiger partial charge in [-0.25, -0.2) is 0 Å².